The van der Waals surface area contributed by atoms with Gasteiger partial charge in [0.1, 0.15) is 5.69 Å². The summed E-state index contributed by atoms with van der Waals surface area (Å²) in [4.78, 5) is 35.2. The molecule has 0 unspecified atom stereocenters. The maximum Gasteiger partial charge on any atom is 0.275 e. The van der Waals surface area contributed by atoms with Crippen molar-refractivity contribution in [2.45, 2.75) is 12.8 Å². The molecule has 1 aliphatic heterocycles. The van der Waals surface area contributed by atoms with Crippen molar-refractivity contribution in [2.24, 2.45) is 5.73 Å². The van der Waals surface area contributed by atoms with Crippen LogP contribution in [-0.4, -0.2) is 34.9 Å². The van der Waals surface area contributed by atoms with Gasteiger partial charge in [0.05, 0.1) is 28.6 Å². The summed E-state index contributed by atoms with van der Waals surface area (Å²) in [6.07, 6.45) is 3.65. The molecule has 1 saturated heterocycles. The van der Waals surface area contributed by atoms with Crippen LogP contribution in [0.2, 0.25) is 0 Å². The Hall–Kier alpha value is -3.48. The molecule has 136 valence electrons. The lowest BCUT2D eigenvalue weighted by Gasteiger charge is -2.22. The molecule has 0 bridgehead atoms. The minimum atomic E-state index is -0.538. The summed E-state index contributed by atoms with van der Waals surface area (Å²) in [6, 6.07) is 12.5. The van der Waals surface area contributed by atoms with Crippen LogP contribution in [0.15, 0.2) is 48.7 Å². The lowest BCUT2D eigenvalue weighted by Crippen LogP contribution is -2.22. The highest BCUT2D eigenvalue weighted by molar-refractivity contribution is 6.06. The lowest BCUT2D eigenvalue weighted by atomic mass is 10.1. The van der Waals surface area contributed by atoms with E-state index in [9.17, 15) is 9.59 Å². The van der Waals surface area contributed by atoms with E-state index < -0.39 is 5.91 Å². The molecule has 1 fully saturated rings. The molecule has 0 atom stereocenters. The van der Waals surface area contributed by atoms with Crippen LogP contribution in [0.5, 0.6) is 0 Å². The van der Waals surface area contributed by atoms with Crippen LogP contribution in [-0.2, 0) is 0 Å². The van der Waals surface area contributed by atoms with Crippen molar-refractivity contribution in [3.8, 4) is 0 Å². The standard InChI is InChI=1S/C20H19N5O2/c21-19(26)13-7-8-18(25-9-3-4-10-25)16(11-13)24-20(27)17-12-22-14-5-1-2-6-15(14)23-17/h1-2,5-8,11-12H,3-4,9-10H2,(H2,21,26)(H,24,27). The van der Waals surface area contributed by atoms with Gasteiger partial charge in [0.15, 0.2) is 0 Å². The normalized spacial score (nSPS) is 13.7. The minimum Gasteiger partial charge on any atom is -0.370 e. The Kier molecular flexibility index (Phi) is 4.42. The smallest absolute Gasteiger partial charge is 0.275 e. The predicted molar refractivity (Wildman–Crippen MR) is 104 cm³/mol. The fraction of sp³-hybridized carbons (Fsp3) is 0.200. The van der Waals surface area contributed by atoms with E-state index in [0.717, 1.165) is 37.1 Å². The summed E-state index contributed by atoms with van der Waals surface area (Å²) in [5, 5.41) is 2.87. The number of benzene rings is 2. The number of hydrogen-bond acceptors (Lipinski definition) is 5. The molecule has 7 heteroatoms. The van der Waals surface area contributed by atoms with Gasteiger partial charge in [0.2, 0.25) is 5.91 Å². The van der Waals surface area contributed by atoms with Crippen LogP contribution in [0.25, 0.3) is 11.0 Å². The number of carbonyl (C=O) groups is 2. The van der Waals surface area contributed by atoms with Gasteiger partial charge >= 0.3 is 0 Å². The second kappa shape index (κ2) is 7.03. The highest BCUT2D eigenvalue weighted by Gasteiger charge is 2.19. The van der Waals surface area contributed by atoms with Crippen molar-refractivity contribution in [2.75, 3.05) is 23.3 Å². The van der Waals surface area contributed by atoms with E-state index in [2.05, 4.69) is 20.2 Å². The molecule has 0 spiro atoms. The van der Waals surface area contributed by atoms with Crippen molar-refractivity contribution in [3.05, 3.63) is 59.9 Å². The third-order valence-corrected chi connectivity index (χ3v) is 4.66. The maximum absolute atomic E-state index is 12.8. The average Bonchev–Trinajstić information content (AvgIpc) is 3.22. The molecule has 2 amide bonds. The Morgan fingerprint density at radius 1 is 1.04 bits per heavy atom. The second-order valence-corrected chi connectivity index (χ2v) is 6.49. The van der Waals surface area contributed by atoms with Crippen molar-refractivity contribution in [3.63, 3.8) is 0 Å². The number of primary amides is 1. The zero-order valence-electron chi connectivity index (χ0n) is 14.7. The van der Waals surface area contributed by atoms with Crippen LogP contribution in [0.3, 0.4) is 0 Å². The lowest BCUT2D eigenvalue weighted by molar-refractivity contribution is 0.0995. The molecule has 27 heavy (non-hydrogen) atoms. The van der Waals surface area contributed by atoms with Gasteiger partial charge in [-0.1, -0.05) is 12.1 Å². The average molecular weight is 361 g/mol. The summed E-state index contributed by atoms with van der Waals surface area (Å²) < 4.78 is 0. The summed E-state index contributed by atoms with van der Waals surface area (Å²) in [7, 11) is 0. The molecule has 1 aromatic heterocycles. The number of anilines is 2. The number of fused-ring (bicyclic) bond motifs is 1. The molecule has 4 rings (SSSR count). The molecule has 1 aliphatic rings. The number of rotatable bonds is 4. The highest BCUT2D eigenvalue weighted by atomic mass is 16.2. The summed E-state index contributed by atoms with van der Waals surface area (Å²) in [5.74, 6) is -0.917. The molecule has 2 heterocycles. The summed E-state index contributed by atoms with van der Waals surface area (Å²) >= 11 is 0. The first kappa shape index (κ1) is 17.0. The molecule has 0 aliphatic carbocycles. The molecule has 2 aromatic carbocycles. The summed E-state index contributed by atoms with van der Waals surface area (Å²) in [6.45, 7) is 1.82. The van der Waals surface area contributed by atoms with E-state index >= 15 is 0 Å². The van der Waals surface area contributed by atoms with Crippen LogP contribution >= 0.6 is 0 Å². The third-order valence-electron chi connectivity index (χ3n) is 4.66. The van der Waals surface area contributed by atoms with E-state index in [0.29, 0.717) is 16.8 Å². The van der Waals surface area contributed by atoms with Gasteiger partial charge in [-0.25, -0.2) is 4.98 Å². The molecule has 0 radical (unpaired) electrons. The van der Waals surface area contributed by atoms with E-state index in [4.69, 9.17) is 5.73 Å². The first-order valence-corrected chi connectivity index (χ1v) is 8.84. The minimum absolute atomic E-state index is 0.213. The van der Waals surface area contributed by atoms with E-state index in [1.165, 1.54) is 6.20 Å². The SMILES string of the molecule is NC(=O)c1ccc(N2CCCC2)c(NC(=O)c2cnc3ccccc3n2)c1. The van der Waals surface area contributed by atoms with Crippen LogP contribution < -0.4 is 16.0 Å². The van der Waals surface area contributed by atoms with Gasteiger partial charge in [-0.15, -0.1) is 0 Å². The number of aromatic nitrogens is 2. The van der Waals surface area contributed by atoms with Crippen molar-refractivity contribution in [1.82, 2.24) is 9.97 Å². The van der Waals surface area contributed by atoms with Crippen LogP contribution in [0.1, 0.15) is 33.7 Å². The molecular weight excluding hydrogens is 342 g/mol. The Labute approximate surface area is 156 Å². The number of hydrogen-bond donors (Lipinski definition) is 2. The second-order valence-electron chi connectivity index (χ2n) is 6.49. The Morgan fingerprint density at radius 2 is 1.78 bits per heavy atom. The van der Waals surface area contributed by atoms with Gasteiger partial charge in [-0.2, -0.15) is 0 Å². The number of nitrogens with two attached hydrogens (primary N) is 1. The van der Waals surface area contributed by atoms with E-state index in [1.807, 2.05) is 30.3 Å². The zero-order chi connectivity index (χ0) is 18.8. The molecule has 7 nitrogen and oxygen atoms in total. The fourth-order valence-electron chi connectivity index (χ4n) is 3.28. The first-order valence-electron chi connectivity index (χ1n) is 8.84. The number of nitrogens with one attached hydrogen (secondary N) is 1. The number of nitrogens with zero attached hydrogens (tertiary/aromatic N) is 3. The summed E-state index contributed by atoms with van der Waals surface area (Å²) in [5.41, 5.74) is 8.76. The van der Waals surface area contributed by atoms with Gasteiger partial charge in [-0.3, -0.25) is 14.6 Å². The van der Waals surface area contributed by atoms with Crippen LogP contribution in [0, 0.1) is 0 Å². The van der Waals surface area contributed by atoms with E-state index in [-0.39, 0.29) is 11.6 Å². The number of amides is 2. The van der Waals surface area contributed by atoms with Gasteiger partial charge in [0.25, 0.3) is 5.91 Å². The molecule has 3 aromatic rings. The van der Waals surface area contributed by atoms with Crippen LogP contribution in [0.4, 0.5) is 11.4 Å². The number of carbonyl (C=O) groups excluding carboxylic acids is 2. The highest BCUT2D eigenvalue weighted by Crippen LogP contribution is 2.30. The Bertz CT molecular complexity index is 1030. The Balaban J connectivity index is 1.67. The number of para-hydroxylation sites is 2. The Morgan fingerprint density at radius 3 is 2.52 bits per heavy atom. The quantitative estimate of drug-likeness (QED) is 0.744. The fourth-order valence-corrected chi connectivity index (χ4v) is 3.28. The first-order chi connectivity index (χ1) is 13.1. The van der Waals surface area contributed by atoms with E-state index in [1.54, 1.807) is 12.1 Å². The molecular formula is C20H19N5O2. The topological polar surface area (TPSA) is 101 Å². The predicted octanol–water partition coefficient (Wildman–Crippen LogP) is 2.58. The maximum atomic E-state index is 12.8. The van der Waals surface area contributed by atoms with Crippen molar-refractivity contribution >= 4 is 34.2 Å². The van der Waals surface area contributed by atoms with Crippen molar-refractivity contribution in [1.29, 1.82) is 0 Å². The third kappa shape index (κ3) is 3.44. The van der Waals surface area contributed by atoms with Gasteiger partial charge < -0.3 is 16.0 Å². The zero-order valence-corrected chi connectivity index (χ0v) is 14.7. The largest absolute Gasteiger partial charge is 0.370 e. The molecule has 3 N–H and O–H groups in total. The monoisotopic (exact) mass is 361 g/mol. The van der Waals surface area contributed by atoms with Crippen molar-refractivity contribution < 1.29 is 9.59 Å². The molecule has 0 saturated carbocycles. The van der Waals surface area contributed by atoms with Gasteiger partial charge in [-0.05, 0) is 43.2 Å². The van der Waals surface area contributed by atoms with Gasteiger partial charge in [0, 0.05) is 18.7 Å².